The predicted molar refractivity (Wildman–Crippen MR) is 61.7 cm³/mol. The summed E-state index contributed by atoms with van der Waals surface area (Å²) in [4.78, 5) is 25.0. The van der Waals surface area contributed by atoms with Crippen LogP contribution in [0.15, 0.2) is 0 Å². The highest BCUT2D eigenvalue weighted by Crippen LogP contribution is 2.30. The highest BCUT2D eigenvalue weighted by molar-refractivity contribution is 5.90. The zero-order chi connectivity index (χ0) is 12.2. The van der Waals surface area contributed by atoms with E-state index in [0.29, 0.717) is 6.54 Å². The van der Waals surface area contributed by atoms with Crippen molar-refractivity contribution in [1.82, 2.24) is 10.2 Å². The van der Waals surface area contributed by atoms with Gasteiger partial charge in [-0.1, -0.05) is 6.92 Å². The molecule has 5 heteroatoms. The zero-order valence-electron chi connectivity index (χ0n) is 10.1. The Labute approximate surface area is 96.4 Å². The fourth-order valence-electron chi connectivity index (χ4n) is 1.86. The predicted octanol–water partition coefficient (Wildman–Crippen LogP) is -0.148. The Balaban J connectivity index is 2.61. The first kappa shape index (κ1) is 13.0. The monoisotopic (exact) mass is 227 g/mol. The van der Waals surface area contributed by atoms with E-state index < -0.39 is 5.54 Å². The molecule has 1 rings (SSSR count). The summed E-state index contributed by atoms with van der Waals surface area (Å²) in [5, 5.41) is 2.52. The highest BCUT2D eigenvalue weighted by atomic mass is 16.2. The fraction of sp³-hybridized carbons (Fsp3) is 0.818. The van der Waals surface area contributed by atoms with Crippen LogP contribution < -0.4 is 11.1 Å². The smallest absolute Gasteiger partial charge is 0.243 e. The van der Waals surface area contributed by atoms with E-state index in [1.54, 1.807) is 11.9 Å². The van der Waals surface area contributed by atoms with Crippen LogP contribution in [-0.4, -0.2) is 42.4 Å². The molecule has 1 aliphatic rings. The number of nitrogens with zero attached hydrogens (tertiary/aromatic N) is 1. The van der Waals surface area contributed by atoms with Crippen LogP contribution >= 0.6 is 0 Å². The molecule has 2 amide bonds. The van der Waals surface area contributed by atoms with E-state index in [-0.39, 0.29) is 18.4 Å². The molecule has 3 N–H and O–H groups in total. The molecule has 0 aromatic carbocycles. The summed E-state index contributed by atoms with van der Waals surface area (Å²) in [6.45, 7) is 2.68. The second kappa shape index (κ2) is 5.30. The average molecular weight is 227 g/mol. The first-order chi connectivity index (χ1) is 7.53. The maximum absolute atomic E-state index is 12.1. The van der Waals surface area contributed by atoms with Crippen LogP contribution in [0.2, 0.25) is 0 Å². The van der Waals surface area contributed by atoms with Crippen molar-refractivity contribution in [3.05, 3.63) is 0 Å². The molecule has 0 aromatic rings. The van der Waals surface area contributed by atoms with Crippen molar-refractivity contribution in [3.8, 4) is 0 Å². The molecule has 0 bridgehead atoms. The van der Waals surface area contributed by atoms with Crippen LogP contribution in [0.25, 0.3) is 0 Å². The molecule has 16 heavy (non-hydrogen) atoms. The molecule has 1 fully saturated rings. The molecular formula is C11H21N3O2. The lowest BCUT2D eigenvalue weighted by atomic mass is 9.76. The molecule has 0 unspecified atom stereocenters. The molecule has 0 heterocycles. The molecule has 0 atom stereocenters. The molecule has 0 radical (unpaired) electrons. The third-order valence-electron chi connectivity index (χ3n) is 3.07. The number of nitrogens with two attached hydrogens (primary N) is 1. The number of carbonyl (C=O) groups is 2. The van der Waals surface area contributed by atoms with E-state index in [1.165, 1.54) is 0 Å². The average Bonchev–Trinajstić information content (AvgIpc) is 2.24. The number of amides is 2. The van der Waals surface area contributed by atoms with Gasteiger partial charge in [0.05, 0.1) is 12.1 Å². The van der Waals surface area contributed by atoms with Gasteiger partial charge in [-0.3, -0.25) is 9.59 Å². The van der Waals surface area contributed by atoms with Gasteiger partial charge in [-0.25, -0.2) is 0 Å². The quantitative estimate of drug-likeness (QED) is 0.686. The maximum atomic E-state index is 12.1. The fourth-order valence-corrected chi connectivity index (χ4v) is 1.86. The summed E-state index contributed by atoms with van der Waals surface area (Å²) in [7, 11) is 1.57. The van der Waals surface area contributed by atoms with E-state index in [4.69, 9.17) is 5.73 Å². The summed E-state index contributed by atoms with van der Waals surface area (Å²) >= 11 is 0. The van der Waals surface area contributed by atoms with E-state index in [9.17, 15) is 9.59 Å². The first-order valence-electron chi connectivity index (χ1n) is 5.82. The van der Waals surface area contributed by atoms with Gasteiger partial charge in [0.1, 0.15) is 0 Å². The molecule has 0 spiro atoms. The summed E-state index contributed by atoms with van der Waals surface area (Å²) in [6.07, 6.45) is 3.31. The number of rotatable bonds is 5. The number of likely N-dealkylation sites (N-methyl/N-ethyl adjacent to an activating group) is 1. The molecule has 5 nitrogen and oxygen atoms in total. The minimum atomic E-state index is -0.705. The second-order valence-corrected chi connectivity index (χ2v) is 4.41. The van der Waals surface area contributed by atoms with Gasteiger partial charge in [0.2, 0.25) is 11.8 Å². The molecule has 0 aliphatic heterocycles. The van der Waals surface area contributed by atoms with Gasteiger partial charge in [-0.05, 0) is 25.7 Å². The largest absolute Gasteiger partial charge is 0.358 e. The van der Waals surface area contributed by atoms with Crippen LogP contribution in [-0.2, 0) is 9.59 Å². The normalized spacial score (nSPS) is 17.4. The number of carbonyl (C=O) groups excluding carboxylic acids is 2. The lowest BCUT2D eigenvalue weighted by Gasteiger charge is -2.40. The summed E-state index contributed by atoms with van der Waals surface area (Å²) in [5.41, 5.74) is 5.27. The zero-order valence-corrected chi connectivity index (χ0v) is 10.1. The number of hydrogen-bond donors (Lipinski definition) is 2. The maximum Gasteiger partial charge on any atom is 0.243 e. The van der Waals surface area contributed by atoms with Crippen LogP contribution in [0.4, 0.5) is 0 Å². The molecule has 1 saturated carbocycles. The van der Waals surface area contributed by atoms with Crippen molar-refractivity contribution in [3.63, 3.8) is 0 Å². The van der Waals surface area contributed by atoms with Gasteiger partial charge >= 0.3 is 0 Å². The van der Waals surface area contributed by atoms with Crippen molar-refractivity contribution >= 4 is 11.8 Å². The van der Waals surface area contributed by atoms with E-state index in [2.05, 4.69) is 5.32 Å². The Morgan fingerprint density at radius 1 is 1.44 bits per heavy atom. The lowest BCUT2D eigenvalue weighted by molar-refractivity contribution is -0.143. The van der Waals surface area contributed by atoms with Gasteiger partial charge in [0, 0.05) is 13.6 Å². The number of hydrogen-bond acceptors (Lipinski definition) is 3. The van der Waals surface area contributed by atoms with Crippen molar-refractivity contribution in [2.24, 2.45) is 5.73 Å². The lowest BCUT2D eigenvalue weighted by Crippen LogP contribution is -2.60. The Hall–Kier alpha value is -1.10. The molecule has 0 saturated heterocycles. The van der Waals surface area contributed by atoms with Gasteiger partial charge in [-0.15, -0.1) is 0 Å². The standard InChI is InChI=1S/C11H21N3O2/c1-3-7-14(8-9(15)13-2)10(16)11(12)5-4-6-11/h3-8,12H2,1-2H3,(H,13,15). The molecule has 1 aliphatic carbocycles. The minimum Gasteiger partial charge on any atom is -0.358 e. The third-order valence-corrected chi connectivity index (χ3v) is 3.07. The Kier molecular flexibility index (Phi) is 4.29. The van der Waals surface area contributed by atoms with E-state index >= 15 is 0 Å². The SMILES string of the molecule is CCCN(CC(=O)NC)C(=O)C1(N)CCC1. The molecule has 92 valence electrons. The van der Waals surface area contributed by atoms with E-state index in [1.807, 2.05) is 6.92 Å². The Morgan fingerprint density at radius 3 is 2.44 bits per heavy atom. The Morgan fingerprint density at radius 2 is 2.06 bits per heavy atom. The van der Waals surface area contributed by atoms with Gasteiger partial charge in [0.25, 0.3) is 0 Å². The van der Waals surface area contributed by atoms with Crippen LogP contribution in [0, 0.1) is 0 Å². The van der Waals surface area contributed by atoms with E-state index in [0.717, 1.165) is 25.7 Å². The molecule has 0 aromatic heterocycles. The van der Waals surface area contributed by atoms with Gasteiger partial charge < -0.3 is 16.0 Å². The van der Waals surface area contributed by atoms with Crippen molar-refractivity contribution in [1.29, 1.82) is 0 Å². The van der Waals surface area contributed by atoms with Gasteiger partial charge in [-0.2, -0.15) is 0 Å². The summed E-state index contributed by atoms with van der Waals surface area (Å²) in [5.74, 6) is -0.228. The van der Waals surface area contributed by atoms with Crippen molar-refractivity contribution in [2.75, 3.05) is 20.1 Å². The summed E-state index contributed by atoms with van der Waals surface area (Å²) in [6, 6.07) is 0. The van der Waals surface area contributed by atoms with Crippen LogP contribution in [0.5, 0.6) is 0 Å². The van der Waals surface area contributed by atoms with Crippen LogP contribution in [0.1, 0.15) is 32.6 Å². The van der Waals surface area contributed by atoms with Crippen molar-refractivity contribution in [2.45, 2.75) is 38.1 Å². The summed E-state index contributed by atoms with van der Waals surface area (Å²) < 4.78 is 0. The third kappa shape index (κ3) is 2.72. The topological polar surface area (TPSA) is 75.4 Å². The van der Waals surface area contributed by atoms with Crippen LogP contribution in [0.3, 0.4) is 0 Å². The number of nitrogens with one attached hydrogen (secondary N) is 1. The second-order valence-electron chi connectivity index (χ2n) is 4.41. The first-order valence-corrected chi connectivity index (χ1v) is 5.82. The minimum absolute atomic E-state index is 0.0794. The highest BCUT2D eigenvalue weighted by Gasteiger charge is 2.42. The Bertz CT molecular complexity index is 274. The van der Waals surface area contributed by atoms with Crippen molar-refractivity contribution < 1.29 is 9.59 Å². The van der Waals surface area contributed by atoms with Gasteiger partial charge in [0.15, 0.2) is 0 Å². The molecular weight excluding hydrogens is 206 g/mol.